The average Bonchev–Trinajstić information content (AvgIpc) is 2.85. The Bertz CT molecular complexity index is 767. The molecule has 0 aliphatic rings. The Morgan fingerprint density at radius 1 is 1.32 bits per heavy atom. The fraction of sp³-hybridized carbons (Fsp3) is 0.250. The zero-order chi connectivity index (χ0) is 13.8. The summed E-state index contributed by atoms with van der Waals surface area (Å²) in [6.45, 7) is 0.349. The van der Waals surface area contributed by atoms with Gasteiger partial charge in [-0.3, -0.25) is 4.40 Å². The lowest BCUT2D eigenvalue weighted by Gasteiger charge is -2.05. The molecule has 0 amide bonds. The average molecular weight is 268 g/mol. The van der Waals surface area contributed by atoms with Crippen LogP contribution in [0.25, 0.3) is 16.8 Å². The lowest BCUT2D eigenvalue weighted by atomic mass is 10.2. The number of rotatable bonds is 1. The molecule has 0 aliphatic heterocycles. The summed E-state index contributed by atoms with van der Waals surface area (Å²) in [6.07, 6.45) is -2.57. The molecule has 0 saturated heterocycles. The highest BCUT2D eigenvalue weighted by Gasteiger charge is 2.31. The summed E-state index contributed by atoms with van der Waals surface area (Å²) in [5, 5.41) is 0. The summed E-state index contributed by atoms with van der Waals surface area (Å²) in [5.74, 6) is 0.578. The molecule has 2 aromatic heterocycles. The minimum Gasteiger partial charge on any atom is -0.325 e. The molecule has 0 bridgehead atoms. The van der Waals surface area contributed by atoms with Crippen molar-refractivity contribution in [2.45, 2.75) is 12.7 Å². The molecule has 4 nitrogen and oxygen atoms in total. The van der Waals surface area contributed by atoms with E-state index in [4.69, 9.17) is 5.73 Å². The highest BCUT2D eigenvalue weighted by atomic mass is 19.4. The molecular formula is C12H11F3N4. The van der Waals surface area contributed by atoms with Crippen LogP contribution in [0, 0.1) is 0 Å². The highest BCUT2D eigenvalue weighted by Crippen LogP contribution is 2.31. The van der Waals surface area contributed by atoms with Crippen LogP contribution in [-0.4, -0.2) is 14.0 Å². The predicted octanol–water partition coefficient (Wildman–Crippen LogP) is 2.30. The van der Waals surface area contributed by atoms with Gasteiger partial charge in [0.25, 0.3) is 0 Å². The van der Waals surface area contributed by atoms with Gasteiger partial charge in [-0.05, 0) is 18.2 Å². The van der Waals surface area contributed by atoms with Crippen LogP contribution < -0.4 is 5.73 Å². The lowest BCUT2D eigenvalue weighted by molar-refractivity contribution is -0.137. The van der Waals surface area contributed by atoms with Crippen molar-refractivity contribution in [3.8, 4) is 0 Å². The molecule has 3 aromatic rings. The first kappa shape index (κ1) is 12.0. The van der Waals surface area contributed by atoms with Crippen LogP contribution >= 0.6 is 0 Å². The SMILES string of the molecule is Cn1c(CN)cn2c3ccc(C(F)(F)F)cc3nc12. The Balaban J connectivity index is 2.30. The Morgan fingerprint density at radius 3 is 2.68 bits per heavy atom. The zero-order valence-electron chi connectivity index (χ0n) is 10.1. The summed E-state index contributed by atoms with van der Waals surface area (Å²) in [7, 11) is 1.79. The van der Waals surface area contributed by atoms with Gasteiger partial charge < -0.3 is 10.3 Å². The van der Waals surface area contributed by atoms with Crippen molar-refractivity contribution in [3.05, 3.63) is 35.7 Å². The molecule has 19 heavy (non-hydrogen) atoms. The van der Waals surface area contributed by atoms with Crippen molar-refractivity contribution in [2.75, 3.05) is 0 Å². The third-order valence-electron chi connectivity index (χ3n) is 3.22. The standard InChI is InChI=1S/C12H11F3N4/c1-18-8(5-16)6-19-10-3-2-7(12(13,14)15)4-9(10)17-11(18)19/h2-4,6H,5,16H2,1H3. The molecule has 0 saturated carbocycles. The van der Waals surface area contributed by atoms with Gasteiger partial charge in [0.05, 0.1) is 22.3 Å². The molecule has 2 N–H and O–H groups in total. The van der Waals surface area contributed by atoms with Crippen LogP contribution in [0.2, 0.25) is 0 Å². The van der Waals surface area contributed by atoms with Gasteiger partial charge >= 0.3 is 6.18 Å². The number of hydrogen-bond acceptors (Lipinski definition) is 2. The Morgan fingerprint density at radius 2 is 2.05 bits per heavy atom. The third kappa shape index (κ3) is 1.69. The molecule has 100 valence electrons. The first-order valence-electron chi connectivity index (χ1n) is 5.65. The van der Waals surface area contributed by atoms with E-state index in [2.05, 4.69) is 4.98 Å². The molecule has 0 unspecified atom stereocenters. The first-order chi connectivity index (χ1) is 8.91. The molecule has 0 fully saturated rings. The first-order valence-corrected chi connectivity index (χ1v) is 5.65. The number of hydrogen-bond donors (Lipinski definition) is 1. The Hall–Kier alpha value is -2.02. The van der Waals surface area contributed by atoms with E-state index in [-0.39, 0.29) is 0 Å². The zero-order valence-corrected chi connectivity index (χ0v) is 10.1. The van der Waals surface area contributed by atoms with Crippen LogP contribution in [0.4, 0.5) is 13.2 Å². The number of aryl methyl sites for hydroxylation is 1. The van der Waals surface area contributed by atoms with E-state index in [9.17, 15) is 13.2 Å². The van der Waals surface area contributed by atoms with Crippen LogP contribution in [0.1, 0.15) is 11.3 Å². The van der Waals surface area contributed by atoms with Crippen LogP contribution in [0.5, 0.6) is 0 Å². The minimum atomic E-state index is -4.35. The van der Waals surface area contributed by atoms with Crippen molar-refractivity contribution >= 4 is 16.8 Å². The number of aromatic nitrogens is 3. The monoisotopic (exact) mass is 268 g/mol. The fourth-order valence-corrected chi connectivity index (χ4v) is 2.18. The number of fused-ring (bicyclic) bond motifs is 3. The summed E-state index contributed by atoms with van der Waals surface area (Å²) in [6, 6.07) is 3.55. The number of halogens is 3. The van der Waals surface area contributed by atoms with Crippen LogP contribution in [0.3, 0.4) is 0 Å². The predicted molar refractivity (Wildman–Crippen MR) is 64.6 cm³/mol. The second-order valence-electron chi connectivity index (χ2n) is 4.37. The van der Waals surface area contributed by atoms with E-state index in [0.717, 1.165) is 17.8 Å². The van der Waals surface area contributed by atoms with Gasteiger partial charge in [0.2, 0.25) is 5.78 Å². The Labute approximate surface area is 106 Å². The summed E-state index contributed by atoms with van der Waals surface area (Å²) < 4.78 is 41.4. The number of nitrogens with zero attached hydrogens (tertiary/aromatic N) is 3. The number of nitrogens with two attached hydrogens (primary N) is 1. The maximum Gasteiger partial charge on any atom is 0.416 e. The van der Waals surface area contributed by atoms with E-state index in [1.807, 2.05) is 0 Å². The largest absolute Gasteiger partial charge is 0.416 e. The van der Waals surface area contributed by atoms with Gasteiger partial charge in [-0.2, -0.15) is 13.2 Å². The van der Waals surface area contributed by atoms with E-state index in [1.54, 1.807) is 22.2 Å². The Kier molecular flexibility index (Phi) is 2.37. The molecule has 3 rings (SSSR count). The smallest absolute Gasteiger partial charge is 0.325 e. The van der Waals surface area contributed by atoms with Crippen molar-refractivity contribution in [1.82, 2.24) is 14.0 Å². The van der Waals surface area contributed by atoms with Crippen molar-refractivity contribution in [3.63, 3.8) is 0 Å². The molecule has 7 heteroatoms. The molecular weight excluding hydrogens is 257 g/mol. The normalized spacial score (nSPS) is 12.7. The van der Waals surface area contributed by atoms with E-state index < -0.39 is 11.7 Å². The molecule has 2 heterocycles. The summed E-state index contributed by atoms with van der Waals surface area (Å²) >= 11 is 0. The molecule has 0 aliphatic carbocycles. The third-order valence-corrected chi connectivity index (χ3v) is 3.22. The second-order valence-corrected chi connectivity index (χ2v) is 4.37. The fourth-order valence-electron chi connectivity index (χ4n) is 2.18. The number of benzene rings is 1. The molecule has 0 atom stereocenters. The lowest BCUT2D eigenvalue weighted by Crippen LogP contribution is -2.04. The van der Waals surface area contributed by atoms with Crippen molar-refractivity contribution in [2.24, 2.45) is 12.8 Å². The van der Waals surface area contributed by atoms with Crippen molar-refractivity contribution < 1.29 is 13.2 Å². The molecule has 1 aromatic carbocycles. The van der Waals surface area contributed by atoms with E-state index in [1.165, 1.54) is 6.07 Å². The van der Waals surface area contributed by atoms with Gasteiger partial charge in [0.1, 0.15) is 0 Å². The van der Waals surface area contributed by atoms with Gasteiger partial charge in [0, 0.05) is 19.8 Å². The van der Waals surface area contributed by atoms with Gasteiger partial charge in [0.15, 0.2) is 0 Å². The van der Waals surface area contributed by atoms with Crippen molar-refractivity contribution in [1.29, 1.82) is 0 Å². The number of imidazole rings is 2. The van der Waals surface area contributed by atoms with E-state index >= 15 is 0 Å². The maximum absolute atomic E-state index is 12.6. The van der Waals surface area contributed by atoms with E-state index in [0.29, 0.717) is 23.4 Å². The van der Waals surface area contributed by atoms with Gasteiger partial charge in [-0.25, -0.2) is 4.98 Å². The van der Waals surface area contributed by atoms with Crippen LogP contribution in [-0.2, 0) is 19.8 Å². The topological polar surface area (TPSA) is 48.2 Å². The maximum atomic E-state index is 12.6. The quantitative estimate of drug-likeness (QED) is 0.736. The summed E-state index contributed by atoms with van der Waals surface area (Å²) in [5.41, 5.74) is 6.72. The second kappa shape index (κ2) is 3.74. The minimum absolute atomic E-state index is 0.323. The number of alkyl halides is 3. The molecule has 0 spiro atoms. The van der Waals surface area contributed by atoms with Gasteiger partial charge in [-0.1, -0.05) is 0 Å². The molecule has 0 radical (unpaired) electrons. The summed E-state index contributed by atoms with van der Waals surface area (Å²) in [4.78, 5) is 4.23. The van der Waals surface area contributed by atoms with Gasteiger partial charge in [-0.15, -0.1) is 0 Å². The highest BCUT2D eigenvalue weighted by molar-refractivity contribution is 5.80. The van der Waals surface area contributed by atoms with Crippen LogP contribution in [0.15, 0.2) is 24.4 Å².